The maximum absolute atomic E-state index is 14.9. The number of nitrogens with one attached hydrogen (secondary N) is 1. The number of hydrogen-bond acceptors (Lipinski definition) is 4. The summed E-state index contributed by atoms with van der Waals surface area (Å²) < 4.78 is 20.2. The van der Waals surface area contributed by atoms with Crippen LogP contribution in [0.1, 0.15) is 18.1 Å². The number of carbonyl (C=O) groups excluding carboxylic acids is 2. The third-order valence-corrected chi connectivity index (χ3v) is 5.47. The van der Waals surface area contributed by atoms with Gasteiger partial charge in [0.1, 0.15) is 11.9 Å². The van der Waals surface area contributed by atoms with E-state index in [0.29, 0.717) is 23.5 Å². The van der Waals surface area contributed by atoms with Gasteiger partial charge in [-0.15, -0.1) is 0 Å². The summed E-state index contributed by atoms with van der Waals surface area (Å²) in [5, 5.41) is 2.67. The van der Waals surface area contributed by atoms with Crippen LogP contribution >= 0.6 is 0 Å². The minimum absolute atomic E-state index is 0.182. The summed E-state index contributed by atoms with van der Waals surface area (Å²) in [5.41, 5.74) is 3.85. The van der Waals surface area contributed by atoms with Crippen molar-refractivity contribution in [2.75, 3.05) is 29.4 Å². The summed E-state index contributed by atoms with van der Waals surface area (Å²) >= 11 is 0. The first-order valence-corrected chi connectivity index (χ1v) is 9.95. The zero-order chi connectivity index (χ0) is 21.3. The second kappa shape index (κ2) is 8.18. The highest BCUT2D eigenvalue weighted by Gasteiger charge is 2.33. The molecular weight excluding hydrogens is 385 g/mol. The van der Waals surface area contributed by atoms with Crippen LogP contribution in [-0.2, 0) is 22.5 Å². The predicted molar refractivity (Wildman–Crippen MR) is 113 cm³/mol. The van der Waals surface area contributed by atoms with Crippen LogP contribution in [0.4, 0.5) is 20.6 Å². The number of rotatable bonds is 5. The van der Waals surface area contributed by atoms with E-state index in [1.54, 1.807) is 19.1 Å². The number of carbonyl (C=O) groups is 2. The maximum Gasteiger partial charge on any atom is 0.414 e. The van der Waals surface area contributed by atoms with Gasteiger partial charge in [0.05, 0.1) is 24.5 Å². The molecule has 0 aliphatic carbocycles. The number of anilines is 2. The van der Waals surface area contributed by atoms with Crippen molar-refractivity contribution in [1.29, 1.82) is 0 Å². The number of fused-ring (bicyclic) bond motifs is 1. The quantitative estimate of drug-likeness (QED) is 0.769. The number of amides is 2. The number of ether oxygens (including phenoxy) is 1. The van der Waals surface area contributed by atoms with E-state index >= 15 is 0 Å². The van der Waals surface area contributed by atoms with Crippen molar-refractivity contribution in [3.05, 3.63) is 71.6 Å². The van der Waals surface area contributed by atoms with Crippen molar-refractivity contribution in [3.8, 4) is 0 Å². The molecule has 1 fully saturated rings. The summed E-state index contributed by atoms with van der Waals surface area (Å²) in [7, 11) is 0. The van der Waals surface area contributed by atoms with Crippen molar-refractivity contribution in [2.45, 2.75) is 26.0 Å². The van der Waals surface area contributed by atoms with Gasteiger partial charge in [0.2, 0.25) is 5.91 Å². The highest BCUT2D eigenvalue weighted by Crippen LogP contribution is 2.30. The van der Waals surface area contributed by atoms with Gasteiger partial charge in [0.25, 0.3) is 0 Å². The van der Waals surface area contributed by atoms with E-state index in [4.69, 9.17) is 4.74 Å². The molecular formula is C23H24FN3O3. The standard InChI is InChI=1S/C23H24FN3O3/c1-15(2)22(28)25-12-19-14-27(23(29)30-19)18-7-8-21(20(24)11-18)26-10-9-16-5-3-4-6-17(16)13-26/h3-8,11,19H,1,9-10,12-14H2,2H3,(H,25,28)/t19-/m1/s1. The van der Waals surface area contributed by atoms with Crippen LogP contribution in [0.5, 0.6) is 0 Å². The molecule has 7 heteroatoms. The Morgan fingerprint density at radius 3 is 2.77 bits per heavy atom. The SMILES string of the molecule is C=C(C)C(=O)NC[C@@H]1CN(c2ccc(N3CCc4ccccc4C3)c(F)c2)C(=O)O1. The van der Waals surface area contributed by atoms with E-state index in [0.717, 1.165) is 13.0 Å². The summed E-state index contributed by atoms with van der Waals surface area (Å²) in [5.74, 6) is -0.665. The second-order valence-corrected chi connectivity index (χ2v) is 7.68. The van der Waals surface area contributed by atoms with Crippen molar-refractivity contribution in [1.82, 2.24) is 5.32 Å². The van der Waals surface area contributed by atoms with E-state index in [9.17, 15) is 14.0 Å². The number of hydrogen-bond donors (Lipinski definition) is 1. The lowest BCUT2D eigenvalue weighted by atomic mass is 9.99. The van der Waals surface area contributed by atoms with Gasteiger partial charge in [-0.25, -0.2) is 9.18 Å². The van der Waals surface area contributed by atoms with Gasteiger partial charge in [-0.1, -0.05) is 30.8 Å². The lowest BCUT2D eigenvalue weighted by Gasteiger charge is -2.31. The lowest BCUT2D eigenvalue weighted by Crippen LogP contribution is -2.34. The van der Waals surface area contributed by atoms with Gasteiger partial charge in [0, 0.05) is 18.7 Å². The lowest BCUT2D eigenvalue weighted by molar-refractivity contribution is -0.117. The van der Waals surface area contributed by atoms with E-state index in [2.05, 4.69) is 24.0 Å². The molecule has 0 saturated carbocycles. The van der Waals surface area contributed by atoms with E-state index < -0.39 is 12.2 Å². The molecule has 6 nitrogen and oxygen atoms in total. The van der Waals surface area contributed by atoms with Crippen LogP contribution in [0.25, 0.3) is 0 Å². The Bertz CT molecular complexity index is 1010. The minimum Gasteiger partial charge on any atom is -0.442 e. The fourth-order valence-corrected chi connectivity index (χ4v) is 3.82. The number of benzene rings is 2. The molecule has 2 aliphatic rings. The highest BCUT2D eigenvalue weighted by molar-refractivity contribution is 5.92. The van der Waals surface area contributed by atoms with Gasteiger partial charge < -0.3 is 15.0 Å². The van der Waals surface area contributed by atoms with Crippen LogP contribution in [0.2, 0.25) is 0 Å². The first-order chi connectivity index (χ1) is 14.4. The molecule has 1 atom stereocenters. The summed E-state index contributed by atoms with van der Waals surface area (Å²) in [6.07, 6.45) is -0.182. The fourth-order valence-electron chi connectivity index (χ4n) is 3.82. The first kappa shape index (κ1) is 19.9. The third kappa shape index (κ3) is 4.01. The summed E-state index contributed by atoms with van der Waals surface area (Å²) in [6.45, 7) is 6.99. The molecule has 0 radical (unpaired) electrons. The Labute approximate surface area is 174 Å². The number of nitrogens with zero attached hydrogens (tertiary/aromatic N) is 2. The smallest absolute Gasteiger partial charge is 0.414 e. The van der Waals surface area contributed by atoms with Crippen LogP contribution in [-0.4, -0.2) is 37.7 Å². The Hall–Kier alpha value is -3.35. The van der Waals surface area contributed by atoms with Crippen LogP contribution in [0.15, 0.2) is 54.6 Å². The Kier molecular flexibility index (Phi) is 5.44. The molecule has 30 heavy (non-hydrogen) atoms. The van der Waals surface area contributed by atoms with Gasteiger partial charge in [-0.05, 0) is 42.7 Å². The monoisotopic (exact) mass is 409 g/mol. The molecule has 1 saturated heterocycles. The normalized spacial score (nSPS) is 18.1. The highest BCUT2D eigenvalue weighted by atomic mass is 19.1. The molecule has 0 aromatic heterocycles. The summed E-state index contributed by atoms with van der Waals surface area (Å²) in [4.78, 5) is 27.3. The fraction of sp³-hybridized carbons (Fsp3) is 0.304. The molecule has 4 rings (SSSR count). The molecule has 1 N–H and O–H groups in total. The number of halogens is 1. The Morgan fingerprint density at radius 1 is 1.27 bits per heavy atom. The topological polar surface area (TPSA) is 61.9 Å². The van der Waals surface area contributed by atoms with Gasteiger partial charge in [-0.3, -0.25) is 9.69 Å². The van der Waals surface area contributed by atoms with Crippen molar-refractivity contribution < 1.29 is 18.7 Å². The molecule has 0 unspecified atom stereocenters. The van der Waals surface area contributed by atoms with E-state index in [1.807, 2.05) is 17.0 Å². The predicted octanol–water partition coefficient (Wildman–Crippen LogP) is 3.41. The second-order valence-electron chi connectivity index (χ2n) is 7.68. The number of cyclic esters (lactones) is 1. The first-order valence-electron chi connectivity index (χ1n) is 9.95. The van der Waals surface area contributed by atoms with Gasteiger partial charge >= 0.3 is 6.09 Å². The average Bonchev–Trinajstić information content (AvgIpc) is 3.12. The molecule has 2 aromatic carbocycles. The Morgan fingerprint density at radius 2 is 2.03 bits per heavy atom. The molecule has 0 spiro atoms. The summed E-state index contributed by atoms with van der Waals surface area (Å²) in [6, 6.07) is 13.0. The Balaban J connectivity index is 1.44. The van der Waals surface area contributed by atoms with Crippen LogP contribution in [0, 0.1) is 5.82 Å². The van der Waals surface area contributed by atoms with E-state index in [1.165, 1.54) is 22.1 Å². The molecule has 2 amide bonds. The van der Waals surface area contributed by atoms with E-state index in [-0.39, 0.29) is 24.8 Å². The van der Waals surface area contributed by atoms with Gasteiger partial charge in [0.15, 0.2) is 0 Å². The minimum atomic E-state index is -0.552. The van der Waals surface area contributed by atoms with Crippen LogP contribution in [0.3, 0.4) is 0 Å². The molecule has 0 bridgehead atoms. The molecule has 2 aliphatic heterocycles. The van der Waals surface area contributed by atoms with Crippen molar-refractivity contribution in [3.63, 3.8) is 0 Å². The zero-order valence-electron chi connectivity index (χ0n) is 16.9. The molecule has 156 valence electrons. The average molecular weight is 409 g/mol. The zero-order valence-corrected chi connectivity index (χ0v) is 16.9. The third-order valence-electron chi connectivity index (χ3n) is 5.47. The van der Waals surface area contributed by atoms with Gasteiger partial charge in [-0.2, -0.15) is 0 Å². The van der Waals surface area contributed by atoms with Crippen molar-refractivity contribution >= 4 is 23.4 Å². The maximum atomic E-state index is 14.9. The largest absolute Gasteiger partial charge is 0.442 e. The van der Waals surface area contributed by atoms with Crippen molar-refractivity contribution in [2.24, 2.45) is 0 Å². The molecule has 2 aromatic rings. The molecule has 2 heterocycles. The van der Waals surface area contributed by atoms with Crippen LogP contribution < -0.4 is 15.1 Å².